The molecule has 44 heavy (non-hydrogen) atoms. The van der Waals surface area contributed by atoms with Crippen molar-refractivity contribution in [3.05, 3.63) is 150 Å². The van der Waals surface area contributed by atoms with Gasteiger partial charge in [-0.2, -0.15) is 0 Å². The zero-order valence-corrected chi connectivity index (χ0v) is 28.3. The number of rotatable bonds is 15. The average molecular weight is 631 g/mol. The SMILES string of the molecule is CC(C=CC=C(C)CCCC(C)C)=CC=CC(C)=CCP(OS(=O)(=O)O)(c1ccccc1)(c1ccccc1)c1ccccc1. The molecule has 0 atom stereocenters. The van der Waals surface area contributed by atoms with Crippen LogP contribution in [0.2, 0.25) is 0 Å². The Morgan fingerprint density at radius 1 is 0.750 bits per heavy atom. The number of allylic oxidation sites excluding steroid dienone is 10. The Kier molecular flexibility index (Phi) is 12.9. The Morgan fingerprint density at radius 2 is 1.20 bits per heavy atom. The molecule has 0 amide bonds. The van der Waals surface area contributed by atoms with Crippen molar-refractivity contribution in [3.8, 4) is 0 Å². The van der Waals surface area contributed by atoms with E-state index in [1.807, 2.05) is 116 Å². The minimum atomic E-state index is -4.90. The molecule has 3 rings (SSSR count). The summed E-state index contributed by atoms with van der Waals surface area (Å²) >= 11 is 0. The molecule has 0 unspecified atom stereocenters. The van der Waals surface area contributed by atoms with E-state index >= 15 is 0 Å². The van der Waals surface area contributed by atoms with Gasteiger partial charge in [0.25, 0.3) is 0 Å². The minimum absolute atomic E-state index is 0.225. The van der Waals surface area contributed by atoms with Gasteiger partial charge < -0.3 is 0 Å². The van der Waals surface area contributed by atoms with E-state index in [2.05, 4.69) is 52.0 Å². The third kappa shape index (κ3) is 9.33. The van der Waals surface area contributed by atoms with Crippen molar-refractivity contribution in [1.29, 1.82) is 0 Å². The summed E-state index contributed by atoms with van der Waals surface area (Å²) in [7, 11) is -4.90. The van der Waals surface area contributed by atoms with E-state index in [-0.39, 0.29) is 6.16 Å². The third-order valence-electron chi connectivity index (χ3n) is 7.74. The van der Waals surface area contributed by atoms with Gasteiger partial charge >= 0.3 is 234 Å². The second-order valence-electron chi connectivity index (χ2n) is 11.8. The van der Waals surface area contributed by atoms with Gasteiger partial charge in [0.2, 0.25) is 0 Å². The molecule has 0 aliphatic carbocycles. The summed E-state index contributed by atoms with van der Waals surface area (Å²) in [5.41, 5.74) is 3.44. The molecular weight excluding hydrogens is 583 g/mol. The van der Waals surface area contributed by atoms with Crippen LogP contribution in [0, 0.1) is 5.92 Å². The van der Waals surface area contributed by atoms with Gasteiger partial charge in [0.1, 0.15) is 0 Å². The van der Waals surface area contributed by atoms with Gasteiger partial charge in [-0.15, -0.1) is 0 Å². The fraction of sp³-hybridized carbons (Fsp3) is 0.263. The van der Waals surface area contributed by atoms with Crippen LogP contribution in [-0.2, 0) is 14.4 Å². The summed E-state index contributed by atoms with van der Waals surface area (Å²) in [4.78, 5) is 0. The first kappa shape index (κ1) is 35.1. The van der Waals surface area contributed by atoms with Crippen LogP contribution in [0.4, 0.5) is 0 Å². The molecule has 0 heterocycles. The molecule has 0 saturated heterocycles. The van der Waals surface area contributed by atoms with E-state index in [0.717, 1.165) is 23.5 Å². The molecule has 1 N–H and O–H groups in total. The molecule has 0 aromatic heterocycles. The van der Waals surface area contributed by atoms with Crippen LogP contribution in [0.5, 0.6) is 0 Å². The van der Waals surface area contributed by atoms with Gasteiger partial charge in [0, 0.05) is 0 Å². The molecule has 0 aliphatic heterocycles. The van der Waals surface area contributed by atoms with Crippen molar-refractivity contribution in [2.24, 2.45) is 5.92 Å². The molecular formula is C38H47O4PS. The molecule has 3 aromatic rings. The zero-order valence-electron chi connectivity index (χ0n) is 26.6. The molecule has 0 aliphatic rings. The van der Waals surface area contributed by atoms with Crippen molar-refractivity contribution in [1.82, 2.24) is 0 Å². The summed E-state index contributed by atoms with van der Waals surface area (Å²) in [5.74, 6) is 0.738. The van der Waals surface area contributed by atoms with Gasteiger partial charge in [0.05, 0.1) is 0 Å². The summed E-state index contributed by atoms with van der Waals surface area (Å²) in [6.45, 7) is 6.46. The Labute approximate surface area is 265 Å². The van der Waals surface area contributed by atoms with E-state index < -0.39 is 17.2 Å². The van der Waals surface area contributed by atoms with Gasteiger partial charge in [0.15, 0.2) is 0 Å². The molecule has 0 saturated carbocycles. The van der Waals surface area contributed by atoms with E-state index in [0.29, 0.717) is 15.9 Å². The van der Waals surface area contributed by atoms with Crippen molar-refractivity contribution >= 4 is 33.1 Å². The normalized spacial score (nSPS) is 14.8. The Hall–Kier alpha value is -3.34. The first-order chi connectivity index (χ1) is 21.0. The van der Waals surface area contributed by atoms with E-state index in [1.165, 1.54) is 18.4 Å². The van der Waals surface area contributed by atoms with Crippen LogP contribution in [0.1, 0.15) is 53.9 Å². The molecule has 0 bridgehead atoms. The van der Waals surface area contributed by atoms with Crippen LogP contribution < -0.4 is 15.9 Å². The van der Waals surface area contributed by atoms with Crippen LogP contribution in [0.15, 0.2) is 150 Å². The van der Waals surface area contributed by atoms with Crippen LogP contribution in [0.25, 0.3) is 0 Å². The maximum atomic E-state index is 12.8. The van der Waals surface area contributed by atoms with Crippen LogP contribution in [0.3, 0.4) is 0 Å². The molecule has 0 fully saturated rings. The summed E-state index contributed by atoms with van der Waals surface area (Å²) in [5, 5.41) is 2.11. The quantitative estimate of drug-likeness (QED) is 0.103. The first-order valence-electron chi connectivity index (χ1n) is 15.2. The van der Waals surface area contributed by atoms with Gasteiger partial charge in [-0.3, -0.25) is 0 Å². The average Bonchev–Trinajstić information content (AvgIpc) is 3.00. The molecule has 234 valence electrons. The van der Waals surface area contributed by atoms with Gasteiger partial charge in [-0.1, -0.05) is 20.3 Å². The van der Waals surface area contributed by atoms with Crippen molar-refractivity contribution in [2.45, 2.75) is 53.9 Å². The summed E-state index contributed by atoms with van der Waals surface area (Å²) < 4.78 is 42.1. The first-order valence-corrected chi connectivity index (χ1v) is 18.9. The Bertz CT molecular complexity index is 1500. The molecule has 0 radical (unpaired) electrons. The van der Waals surface area contributed by atoms with Gasteiger partial charge in [-0.05, 0) is 12.3 Å². The zero-order chi connectivity index (χ0) is 32.1. The van der Waals surface area contributed by atoms with Crippen LogP contribution >= 0.6 is 6.83 Å². The second kappa shape index (κ2) is 16.1. The number of benzene rings is 3. The fourth-order valence-corrected chi connectivity index (χ4v) is 12.9. The molecule has 6 heteroatoms. The molecule has 0 spiro atoms. The number of hydrogen-bond donors (Lipinski definition) is 1. The van der Waals surface area contributed by atoms with E-state index in [1.54, 1.807) is 0 Å². The summed E-state index contributed by atoms with van der Waals surface area (Å²) in [6.07, 6.45) is 18.3. The van der Waals surface area contributed by atoms with Crippen LogP contribution in [-0.4, -0.2) is 19.1 Å². The molecule has 3 aromatic carbocycles. The standard InChI is InChI=1S/C38H47O4PS/c1-32(2)18-15-19-33(3)20-16-21-34(4)22-17-23-35(5)30-31-43(42-44(39,40)41,36-24-9-6-10-25-36,37-26-11-7-12-27-37)38-28-13-8-14-29-38/h6-14,16-17,20-30,32H,15,18-19,31H2,1-5H3,(H,39,40,41). The van der Waals surface area contributed by atoms with Crippen molar-refractivity contribution in [3.63, 3.8) is 0 Å². The number of hydrogen-bond acceptors (Lipinski definition) is 3. The Morgan fingerprint density at radius 3 is 1.66 bits per heavy atom. The van der Waals surface area contributed by atoms with Crippen molar-refractivity contribution < 1.29 is 16.9 Å². The topological polar surface area (TPSA) is 63.6 Å². The monoisotopic (exact) mass is 630 g/mol. The fourth-order valence-electron chi connectivity index (χ4n) is 5.39. The van der Waals surface area contributed by atoms with Crippen molar-refractivity contribution in [2.75, 3.05) is 6.16 Å². The third-order valence-corrected chi connectivity index (χ3v) is 14.9. The van der Waals surface area contributed by atoms with Gasteiger partial charge in [-0.25, -0.2) is 0 Å². The summed E-state index contributed by atoms with van der Waals surface area (Å²) in [6, 6.07) is 28.2. The second-order valence-corrected chi connectivity index (χ2v) is 17.6. The Balaban J connectivity index is 2.03. The van der Waals surface area contributed by atoms with E-state index in [9.17, 15) is 13.0 Å². The predicted octanol–water partition coefficient (Wildman–Crippen LogP) is 9.03. The molecule has 4 nitrogen and oxygen atoms in total. The predicted molar refractivity (Wildman–Crippen MR) is 191 cm³/mol. The maximum absolute atomic E-state index is 12.8. The van der Waals surface area contributed by atoms with E-state index in [4.69, 9.17) is 3.97 Å².